The van der Waals surface area contributed by atoms with E-state index in [9.17, 15) is 13.2 Å². The van der Waals surface area contributed by atoms with E-state index < -0.39 is 10.0 Å². The van der Waals surface area contributed by atoms with Gasteiger partial charge in [-0.1, -0.05) is 28.1 Å². The van der Waals surface area contributed by atoms with Crippen LogP contribution >= 0.6 is 15.9 Å². The number of benzene rings is 2. The number of anilines is 1. The van der Waals surface area contributed by atoms with Crippen LogP contribution in [0.5, 0.6) is 0 Å². The Morgan fingerprint density at radius 2 is 1.75 bits per heavy atom. The summed E-state index contributed by atoms with van der Waals surface area (Å²) in [5.41, 5.74) is 2.71. The molecule has 0 saturated heterocycles. The summed E-state index contributed by atoms with van der Waals surface area (Å²) in [5, 5.41) is 2.76. The van der Waals surface area contributed by atoms with Gasteiger partial charge in [-0.3, -0.25) is 4.79 Å². The van der Waals surface area contributed by atoms with Crippen molar-refractivity contribution in [2.45, 2.75) is 18.7 Å². The van der Waals surface area contributed by atoms with Crippen LogP contribution in [0, 0.1) is 13.8 Å². The lowest BCUT2D eigenvalue weighted by Gasteiger charge is -2.17. The number of rotatable bonds is 5. The van der Waals surface area contributed by atoms with Crippen molar-refractivity contribution in [2.75, 3.05) is 18.9 Å². The van der Waals surface area contributed by atoms with Crippen LogP contribution in [0.25, 0.3) is 0 Å². The zero-order valence-electron chi connectivity index (χ0n) is 13.7. The van der Waals surface area contributed by atoms with Gasteiger partial charge >= 0.3 is 0 Å². The molecule has 128 valence electrons. The van der Waals surface area contributed by atoms with Crippen molar-refractivity contribution in [1.82, 2.24) is 4.31 Å². The molecule has 2 aromatic carbocycles. The van der Waals surface area contributed by atoms with Crippen molar-refractivity contribution in [3.63, 3.8) is 0 Å². The number of nitrogens with zero attached hydrogens (tertiary/aromatic N) is 1. The molecule has 2 aromatic rings. The normalized spacial score (nSPS) is 11.5. The van der Waals surface area contributed by atoms with Crippen molar-refractivity contribution < 1.29 is 13.2 Å². The quantitative estimate of drug-likeness (QED) is 0.821. The topological polar surface area (TPSA) is 66.5 Å². The molecule has 0 bridgehead atoms. The van der Waals surface area contributed by atoms with Gasteiger partial charge in [0.25, 0.3) is 0 Å². The third-order valence-corrected chi connectivity index (χ3v) is 6.11. The molecule has 0 aliphatic carbocycles. The summed E-state index contributed by atoms with van der Waals surface area (Å²) in [6.07, 6.45) is 0. The largest absolute Gasteiger partial charge is 0.325 e. The van der Waals surface area contributed by atoms with Gasteiger partial charge in [-0.05, 0) is 55.3 Å². The first-order chi connectivity index (χ1) is 11.2. The second-order valence-electron chi connectivity index (χ2n) is 5.51. The Balaban J connectivity index is 2.10. The number of carbonyl (C=O) groups is 1. The number of aryl methyl sites for hydroxylation is 1. The van der Waals surface area contributed by atoms with Gasteiger partial charge in [-0.2, -0.15) is 4.31 Å². The minimum absolute atomic E-state index is 0.146. The van der Waals surface area contributed by atoms with E-state index in [0.717, 1.165) is 19.9 Å². The molecule has 0 fully saturated rings. The van der Waals surface area contributed by atoms with Crippen molar-refractivity contribution in [3.8, 4) is 0 Å². The lowest BCUT2D eigenvalue weighted by molar-refractivity contribution is -0.116. The summed E-state index contributed by atoms with van der Waals surface area (Å²) in [7, 11) is -2.32. The van der Waals surface area contributed by atoms with Crippen LogP contribution in [0.4, 0.5) is 5.69 Å². The van der Waals surface area contributed by atoms with Crippen LogP contribution in [-0.4, -0.2) is 32.2 Å². The number of hydrogen-bond acceptors (Lipinski definition) is 3. The van der Waals surface area contributed by atoms with E-state index in [1.54, 1.807) is 18.2 Å². The number of halogens is 1. The molecule has 5 nitrogen and oxygen atoms in total. The minimum atomic E-state index is -3.71. The number of sulfonamides is 1. The van der Waals surface area contributed by atoms with Gasteiger partial charge in [0.05, 0.1) is 11.4 Å². The van der Waals surface area contributed by atoms with Gasteiger partial charge in [-0.25, -0.2) is 8.42 Å². The van der Waals surface area contributed by atoms with Crippen molar-refractivity contribution >= 4 is 37.5 Å². The average Bonchev–Trinajstić information content (AvgIpc) is 2.52. The van der Waals surface area contributed by atoms with Crippen LogP contribution in [0.1, 0.15) is 11.1 Å². The molecule has 24 heavy (non-hydrogen) atoms. The molecular weight excluding hydrogens is 392 g/mol. The maximum Gasteiger partial charge on any atom is 0.243 e. The number of likely N-dealkylation sites (N-methyl/N-ethyl adjacent to an activating group) is 1. The Hall–Kier alpha value is -1.70. The third-order valence-electron chi connectivity index (χ3n) is 3.77. The van der Waals surface area contributed by atoms with Crippen molar-refractivity contribution in [2.24, 2.45) is 0 Å². The summed E-state index contributed by atoms with van der Waals surface area (Å²) >= 11 is 3.27. The Morgan fingerprint density at radius 1 is 1.12 bits per heavy atom. The van der Waals surface area contributed by atoms with Crippen LogP contribution in [0.15, 0.2) is 51.8 Å². The first-order valence-electron chi connectivity index (χ1n) is 7.30. The zero-order chi connectivity index (χ0) is 17.9. The number of carbonyl (C=O) groups excluding carboxylic acids is 1. The van der Waals surface area contributed by atoms with E-state index in [2.05, 4.69) is 21.2 Å². The van der Waals surface area contributed by atoms with Gasteiger partial charge in [0, 0.05) is 17.2 Å². The van der Waals surface area contributed by atoms with E-state index >= 15 is 0 Å². The number of hydrogen-bond donors (Lipinski definition) is 1. The summed E-state index contributed by atoms with van der Waals surface area (Å²) in [5.74, 6) is -0.383. The Bertz CT molecular complexity index is 849. The monoisotopic (exact) mass is 410 g/mol. The predicted molar refractivity (Wildman–Crippen MR) is 98.5 cm³/mol. The molecule has 0 aromatic heterocycles. The summed E-state index contributed by atoms with van der Waals surface area (Å²) in [6.45, 7) is 3.61. The summed E-state index contributed by atoms with van der Waals surface area (Å²) < 4.78 is 26.8. The second kappa shape index (κ2) is 7.46. The van der Waals surface area contributed by atoms with Crippen molar-refractivity contribution in [1.29, 1.82) is 0 Å². The summed E-state index contributed by atoms with van der Waals surface area (Å²) in [6, 6.07) is 11.9. The molecule has 1 N–H and O–H groups in total. The van der Waals surface area contributed by atoms with Gasteiger partial charge in [-0.15, -0.1) is 0 Å². The first-order valence-corrected chi connectivity index (χ1v) is 9.53. The molecule has 0 saturated carbocycles. The molecule has 0 unspecified atom stereocenters. The third kappa shape index (κ3) is 4.23. The Morgan fingerprint density at radius 3 is 2.38 bits per heavy atom. The Labute approximate surface area is 150 Å². The minimum Gasteiger partial charge on any atom is -0.325 e. The molecule has 0 aliphatic heterocycles. The molecular formula is C17H19BrN2O3S. The number of amides is 1. The van der Waals surface area contributed by atoms with Gasteiger partial charge in [0.15, 0.2) is 0 Å². The maximum atomic E-state index is 12.5. The van der Waals surface area contributed by atoms with E-state index in [1.165, 1.54) is 19.2 Å². The van der Waals surface area contributed by atoms with E-state index in [-0.39, 0.29) is 17.3 Å². The molecule has 0 aliphatic rings. The Kier molecular flexibility index (Phi) is 5.79. The highest BCUT2D eigenvalue weighted by Gasteiger charge is 2.23. The van der Waals surface area contributed by atoms with Crippen LogP contribution in [0.2, 0.25) is 0 Å². The molecule has 0 spiro atoms. The highest BCUT2D eigenvalue weighted by molar-refractivity contribution is 9.10. The van der Waals surface area contributed by atoms with Gasteiger partial charge < -0.3 is 5.32 Å². The van der Waals surface area contributed by atoms with Crippen LogP contribution < -0.4 is 5.32 Å². The summed E-state index contributed by atoms with van der Waals surface area (Å²) in [4.78, 5) is 12.3. The zero-order valence-corrected chi connectivity index (χ0v) is 16.1. The standard InChI is InChI=1S/C17H19BrN2O3S/c1-12-5-4-6-16(13(12)2)19-17(21)11-20(3)24(22,23)15-9-7-14(18)8-10-15/h4-10H,11H2,1-3H3,(H,19,21). The van der Waals surface area contributed by atoms with Crippen molar-refractivity contribution in [3.05, 3.63) is 58.1 Å². The smallest absolute Gasteiger partial charge is 0.243 e. The van der Waals surface area contributed by atoms with E-state index in [0.29, 0.717) is 5.69 Å². The molecule has 0 heterocycles. The highest BCUT2D eigenvalue weighted by Crippen LogP contribution is 2.19. The van der Waals surface area contributed by atoms with Gasteiger partial charge in [0.1, 0.15) is 0 Å². The molecule has 7 heteroatoms. The first kappa shape index (κ1) is 18.6. The predicted octanol–water partition coefficient (Wildman–Crippen LogP) is 3.33. The lowest BCUT2D eigenvalue weighted by atomic mass is 10.1. The molecule has 0 radical (unpaired) electrons. The SMILES string of the molecule is Cc1cccc(NC(=O)CN(C)S(=O)(=O)c2ccc(Br)cc2)c1C. The van der Waals surface area contributed by atoms with E-state index in [1.807, 2.05) is 26.0 Å². The fraction of sp³-hybridized carbons (Fsp3) is 0.235. The highest BCUT2D eigenvalue weighted by atomic mass is 79.9. The van der Waals surface area contributed by atoms with Crippen LogP contribution in [0.3, 0.4) is 0 Å². The maximum absolute atomic E-state index is 12.5. The average molecular weight is 411 g/mol. The second-order valence-corrected chi connectivity index (χ2v) is 8.47. The van der Waals surface area contributed by atoms with Crippen LogP contribution in [-0.2, 0) is 14.8 Å². The van der Waals surface area contributed by atoms with Gasteiger partial charge in [0.2, 0.25) is 15.9 Å². The molecule has 2 rings (SSSR count). The fourth-order valence-corrected chi connectivity index (χ4v) is 3.54. The molecule has 1 amide bonds. The fourth-order valence-electron chi connectivity index (χ4n) is 2.15. The number of nitrogens with one attached hydrogen (secondary N) is 1. The van der Waals surface area contributed by atoms with E-state index in [4.69, 9.17) is 0 Å². The lowest BCUT2D eigenvalue weighted by Crippen LogP contribution is -2.35. The molecule has 0 atom stereocenters.